The van der Waals surface area contributed by atoms with Gasteiger partial charge >= 0.3 is 66.0 Å². The molecule has 8 rings (SSSR count). The molecule has 336 valence electrons. The normalized spacial score (nSPS) is 14.2. The maximum Gasteiger partial charge on any atom is 0.116 e. The fourth-order valence-electron chi connectivity index (χ4n) is 7.68. The first-order chi connectivity index (χ1) is 29.7. The predicted octanol–water partition coefficient (Wildman–Crippen LogP) is 16.6. The van der Waals surface area contributed by atoms with Crippen LogP contribution in [0.2, 0.25) is 0 Å². The summed E-state index contributed by atoms with van der Waals surface area (Å²) in [6.45, 7) is 0. The standard InChI is InChI=1S/C48H40P2.2F6P/c1-7-23-43(24-8-1)49(44-25-9-2-10-26-44,45-27-11-3-12-28-45)37-41-35-39-21-19-20-22-40(39)36-42(41)38-50(46-29-13-4-14-30-46,47-31-15-5-16-32-47)48-33-17-6-18-34-48;2*1-7(2,3,4,5)6/h1-36H,37-38H2;;/q+2;2*-1. The molecule has 16 heteroatoms. The van der Waals surface area contributed by atoms with Crippen LogP contribution in [-0.2, 0) is 12.3 Å². The maximum absolute atomic E-state index is 10.7. The molecular formula is C48H40F12P4. The summed E-state index contributed by atoms with van der Waals surface area (Å²) in [4.78, 5) is 0. The molecule has 0 nitrogen and oxygen atoms in total. The summed E-state index contributed by atoms with van der Waals surface area (Å²) in [7, 11) is -25.6. The molecule has 0 spiro atoms. The van der Waals surface area contributed by atoms with E-state index in [9.17, 15) is 50.4 Å². The van der Waals surface area contributed by atoms with Crippen LogP contribution in [-0.4, -0.2) is 0 Å². The Balaban J connectivity index is 0.000000422. The van der Waals surface area contributed by atoms with Crippen molar-refractivity contribution in [3.05, 3.63) is 230 Å². The van der Waals surface area contributed by atoms with Crippen LogP contribution in [0.5, 0.6) is 0 Å². The van der Waals surface area contributed by atoms with E-state index in [4.69, 9.17) is 0 Å². The van der Waals surface area contributed by atoms with Crippen LogP contribution < -0.4 is 31.8 Å². The molecule has 0 amide bonds. The third-order valence-electron chi connectivity index (χ3n) is 10.1. The summed E-state index contributed by atoms with van der Waals surface area (Å²) in [5.74, 6) is 0. The first-order valence-electron chi connectivity index (χ1n) is 19.4. The van der Waals surface area contributed by atoms with Crippen molar-refractivity contribution in [3.63, 3.8) is 0 Å². The number of hydrogen-bond acceptors (Lipinski definition) is 0. The molecule has 0 atom stereocenters. The molecule has 0 bridgehead atoms. The molecule has 0 aliphatic carbocycles. The van der Waals surface area contributed by atoms with Gasteiger partial charge in [-0.3, -0.25) is 0 Å². The van der Waals surface area contributed by atoms with E-state index in [2.05, 4.69) is 218 Å². The molecule has 0 aromatic heterocycles. The van der Waals surface area contributed by atoms with Crippen LogP contribution in [0, 0.1) is 0 Å². The van der Waals surface area contributed by atoms with Gasteiger partial charge in [0.15, 0.2) is 0 Å². The molecule has 0 saturated heterocycles. The number of hydrogen-bond donors (Lipinski definition) is 0. The molecule has 64 heavy (non-hydrogen) atoms. The summed E-state index contributed by atoms with van der Waals surface area (Å²) in [6.07, 6.45) is 1.87. The van der Waals surface area contributed by atoms with E-state index >= 15 is 0 Å². The van der Waals surface area contributed by atoms with Crippen LogP contribution in [0.3, 0.4) is 0 Å². The average molecular weight is 969 g/mol. The van der Waals surface area contributed by atoms with Gasteiger partial charge in [0, 0.05) is 0 Å². The molecule has 0 aliphatic rings. The Morgan fingerprint density at radius 3 is 0.578 bits per heavy atom. The minimum Gasteiger partial charge on any atom is -0.0620 e. The third-order valence-corrected chi connectivity index (χ3v) is 18.8. The SMILES string of the molecule is F[P-](F)(F)(F)(F)F.F[P-](F)(F)(F)(F)F.c1ccc([P+](Cc2cc3ccccc3cc2C[P+](c2ccccc2)(c2ccccc2)c2ccccc2)(c2ccccc2)c2ccccc2)cc1. The number of benzene rings is 8. The Labute approximate surface area is 363 Å². The summed E-state index contributed by atoms with van der Waals surface area (Å²) in [6, 6.07) is 81.8. The molecule has 0 aliphatic heterocycles. The molecule has 0 heterocycles. The molecule has 0 fully saturated rings. The second-order valence-electron chi connectivity index (χ2n) is 14.8. The van der Waals surface area contributed by atoms with Crippen LogP contribution in [0.4, 0.5) is 50.4 Å². The van der Waals surface area contributed by atoms with E-state index in [0.29, 0.717) is 0 Å². The van der Waals surface area contributed by atoms with Crippen LogP contribution in [0.1, 0.15) is 11.1 Å². The number of halogens is 12. The Bertz CT molecular complexity index is 2370. The van der Waals surface area contributed by atoms with Crippen molar-refractivity contribution in [3.8, 4) is 0 Å². The summed E-state index contributed by atoms with van der Waals surface area (Å²) in [5, 5.41) is 11.0. The van der Waals surface area contributed by atoms with E-state index < -0.39 is 30.1 Å². The molecule has 8 aromatic carbocycles. The van der Waals surface area contributed by atoms with E-state index in [1.165, 1.54) is 53.7 Å². The molecule has 0 unspecified atom stereocenters. The van der Waals surface area contributed by atoms with Crippen molar-refractivity contribution in [2.45, 2.75) is 12.3 Å². The molecule has 0 radical (unpaired) electrons. The number of rotatable bonds is 10. The second-order valence-corrected chi connectivity index (χ2v) is 25.6. The minimum absolute atomic E-state index is 0.934. The van der Waals surface area contributed by atoms with Crippen LogP contribution >= 0.6 is 30.1 Å². The molecule has 0 saturated carbocycles. The van der Waals surface area contributed by atoms with Gasteiger partial charge in [0.1, 0.15) is 46.4 Å². The maximum atomic E-state index is 9.87. The van der Waals surface area contributed by atoms with Gasteiger partial charge in [-0.25, -0.2) is 0 Å². The molecule has 0 N–H and O–H groups in total. The van der Waals surface area contributed by atoms with E-state index in [1.54, 1.807) is 0 Å². The topological polar surface area (TPSA) is 0 Å². The van der Waals surface area contributed by atoms with Gasteiger partial charge in [0.2, 0.25) is 0 Å². The summed E-state index contributed by atoms with van der Waals surface area (Å²) < 4.78 is 118. The average Bonchev–Trinajstić information content (AvgIpc) is 3.24. The Morgan fingerprint density at radius 2 is 0.406 bits per heavy atom. The molecule has 8 aromatic rings. The minimum atomic E-state index is -10.7. The van der Waals surface area contributed by atoms with Gasteiger partial charge < -0.3 is 0 Å². The summed E-state index contributed by atoms with van der Waals surface area (Å²) >= 11 is 0. The van der Waals surface area contributed by atoms with Crippen LogP contribution in [0.15, 0.2) is 218 Å². The molecular weight excluding hydrogens is 928 g/mol. The van der Waals surface area contributed by atoms with Gasteiger partial charge in [-0.2, -0.15) is 0 Å². The van der Waals surface area contributed by atoms with Crippen molar-refractivity contribution in [1.82, 2.24) is 0 Å². The Kier molecular flexibility index (Phi) is 12.9. The van der Waals surface area contributed by atoms with E-state index in [-0.39, 0.29) is 0 Å². The van der Waals surface area contributed by atoms with Gasteiger partial charge in [-0.1, -0.05) is 133 Å². The van der Waals surface area contributed by atoms with Crippen LogP contribution in [0.25, 0.3) is 10.8 Å². The first-order valence-corrected chi connectivity index (χ1v) is 27.4. The zero-order valence-electron chi connectivity index (χ0n) is 33.5. The second kappa shape index (κ2) is 17.0. The number of fused-ring (bicyclic) bond motifs is 1. The van der Waals surface area contributed by atoms with Crippen molar-refractivity contribution >= 4 is 72.7 Å². The first kappa shape index (κ1) is 48.4. The van der Waals surface area contributed by atoms with Gasteiger partial charge in [-0.15, -0.1) is 0 Å². The predicted molar refractivity (Wildman–Crippen MR) is 249 cm³/mol. The zero-order valence-corrected chi connectivity index (χ0v) is 37.1. The van der Waals surface area contributed by atoms with Gasteiger partial charge in [0.25, 0.3) is 0 Å². The van der Waals surface area contributed by atoms with E-state index in [0.717, 1.165) is 12.3 Å². The fourth-order valence-corrected chi connectivity index (χ4v) is 16.3. The van der Waals surface area contributed by atoms with Crippen molar-refractivity contribution in [1.29, 1.82) is 0 Å². The smallest absolute Gasteiger partial charge is 0.0620 e. The summed E-state index contributed by atoms with van der Waals surface area (Å²) in [5.41, 5.74) is 2.86. The van der Waals surface area contributed by atoms with Gasteiger partial charge in [0.05, 0.1) is 12.3 Å². The van der Waals surface area contributed by atoms with E-state index in [1.807, 2.05) is 0 Å². The Morgan fingerprint density at radius 1 is 0.250 bits per heavy atom. The van der Waals surface area contributed by atoms with Crippen molar-refractivity contribution < 1.29 is 50.4 Å². The monoisotopic (exact) mass is 968 g/mol. The largest absolute Gasteiger partial charge is 0.116 e. The van der Waals surface area contributed by atoms with Crippen molar-refractivity contribution in [2.75, 3.05) is 0 Å². The third kappa shape index (κ3) is 14.2. The Hall–Kier alpha value is -5.10. The zero-order chi connectivity index (χ0) is 46.5. The quantitative estimate of drug-likeness (QED) is 0.0946. The van der Waals surface area contributed by atoms with Crippen molar-refractivity contribution in [2.24, 2.45) is 0 Å². The fraction of sp³-hybridized carbons (Fsp3) is 0.0417. The van der Waals surface area contributed by atoms with Gasteiger partial charge in [-0.05, 0) is 107 Å².